The van der Waals surface area contributed by atoms with E-state index in [0.717, 1.165) is 22.2 Å². The van der Waals surface area contributed by atoms with Gasteiger partial charge in [-0.3, -0.25) is 0 Å². The van der Waals surface area contributed by atoms with Gasteiger partial charge in [-0.1, -0.05) is 0 Å². The van der Waals surface area contributed by atoms with Gasteiger partial charge in [-0.15, -0.1) is 0 Å². The second-order valence-corrected chi connectivity index (χ2v) is 3.33. The Bertz CT molecular complexity index is 296. The molecule has 2 nitrogen and oxygen atoms in total. The summed E-state index contributed by atoms with van der Waals surface area (Å²) in [5.74, 6) is 1.13. The molecular weight excluding hydrogens is 208 g/mol. The number of phenolic OH excluding ortho intramolecular Hbond substituents is 1. The van der Waals surface area contributed by atoms with E-state index in [2.05, 4.69) is 15.9 Å². The number of aromatic hydroxyl groups is 1. The first-order chi connectivity index (χ1) is 5.29. The fourth-order valence-corrected chi connectivity index (χ4v) is 1.60. The van der Waals surface area contributed by atoms with Crippen LogP contribution in [0.1, 0.15) is 5.56 Å². The lowest BCUT2D eigenvalue weighted by molar-refractivity contribution is 0.357. The maximum Gasteiger partial charge on any atom is 0.136 e. The van der Waals surface area contributed by atoms with Crippen LogP contribution in [0, 0.1) is 0 Å². The van der Waals surface area contributed by atoms with Gasteiger partial charge < -0.3 is 9.84 Å². The minimum absolute atomic E-state index is 0.319. The highest BCUT2D eigenvalue weighted by atomic mass is 79.9. The van der Waals surface area contributed by atoms with Crippen molar-refractivity contribution >= 4 is 15.9 Å². The molecule has 0 saturated carbocycles. The summed E-state index contributed by atoms with van der Waals surface area (Å²) >= 11 is 3.24. The van der Waals surface area contributed by atoms with Crippen LogP contribution in [0.4, 0.5) is 0 Å². The lowest BCUT2D eigenvalue weighted by Gasteiger charge is -2.01. The van der Waals surface area contributed by atoms with Crippen molar-refractivity contribution in [1.82, 2.24) is 0 Å². The molecule has 0 aliphatic carbocycles. The first-order valence-corrected chi connectivity index (χ1v) is 4.21. The van der Waals surface area contributed by atoms with Crippen LogP contribution in [0.5, 0.6) is 11.5 Å². The van der Waals surface area contributed by atoms with Crippen LogP contribution in [0.3, 0.4) is 0 Å². The van der Waals surface area contributed by atoms with Crippen molar-refractivity contribution in [3.8, 4) is 11.5 Å². The van der Waals surface area contributed by atoms with Gasteiger partial charge in [0.1, 0.15) is 11.5 Å². The highest BCUT2D eigenvalue weighted by molar-refractivity contribution is 9.10. The predicted molar refractivity (Wildman–Crippen MR) is 45.0 cm³/mol. The first kappa shape index (κ1) is 6.98. The second kappa shape index (κ2) is 2.41. The number of ether oxygens (including phenoxy) is 1. The topological polar surface area (TPSA) is 29.5 Å². The summed E-state index contributed by atoms with van der Waals surface area (Å²) in [7, 11) is 0. The Morgan fingerprint density at radius 2 is 2.27 bits per heavy atom. The quantitative estimate of drug-likeness (QED) is 0.717. The van der Waals surface area contributed by atoms with E-state index in [1.165, 1.54) is 0 Å². The number of rotatable bonds is 0. The van der Waals surface area contributed by atoms with Crippen molar-refractivity contribution in [3.63, 3.8) is 0 Å². The Morgan fingerprint density at radius 3 is 3.09 bits per heavy atom. The van der Waals surface area contributed by atoms with Crippen LogP contribution in [0.15, 0.2) is 16.6 Å². The molecule has 2 rings (SSSR count). The lowest BCUT2D eigenvalue weighted by Crippen LogP contribution is -1.85. The van der Waals surface area contributed by atoms with Crippen molar-refractivity contribution < 1.29 is 9.84 Å². The third kappa shape index (κ3) is 0.997. The van der Waals surface area contributed by atoms with Crippen LogP contribution in [0.25, 0.3) is 0 Å². The maximum absolute atomic E-state index is 9.49. The molecule has 0 radical (unpaired) electrons. The maximum atomic E-state index is 9.49. The molecule has 0 unspecified atom stereocenters. The Labute approximate surface area is 72.9 Å². The summed E-state index contributed by atoms with van der Waals surface area (Å²) in [5.41, 5.74) is 0.916. The van der Waals surface area contributed by atoms with E-state index in [1.807, 2.05) is 6.07 Å². The zero-order valence-electron chi connectivity index (χ0n) is 5.80. The third-order valence-electron chi connectivity index (χ3n) is 1.80. The molecule has 1 aromatic rings. The normalized spacial score (nSPS) is 14.3. The SMILES string of the molecule is Oc1c(Br)ccc2c1CCO2. The van der Waals surface area contributed by atoms with Crippen LogP contribution in [0.2, 0.25) is 0 Å². The molecule has 1 aromatic carbocycles. The summed E-state index contributed by atoms with van der Waals surface area (Å²) < 4.78 is 5.99. The molecule has 58 valence electrons. The van der Waals surface area contributed by atoms with Gasteiger partial charge in [0.2, 0.25) is 0 Å². The minimum atomic E-state index is 0.319. The third-order valence-corrected chi connectivity index (χ3v) is 2.44. The van der Waals surface area contributed by atoms with Gasteiger partial charge in [-0.05, 0) is 28.1 Å². The molecule has 0 saturated heterocycles. The van der Waals surface area contributed by atoms with E-state index < -0.39 is 0 Å². The summed E-state index contributed by atoms with van der Waals surface area (Å²) in [4.78, 5) is 0. The fraction of sp³-hybridized carbons (Fsp3) is 0.250. The molecule has 1 aliphatic heterocycles. The summed E-state index contributed by atoms with van der Waals surface area (Å²) in [6, 6.07) is 3.66. The smallest absolute Gasteiger partial charge is 0.136 e. The van der Waals surface area contributed by atoms with E-state index >= 15 is 0 Å². The molecule has 11 heavy (non-hydrogen) atoms. The zero-order valence-corrected chi connectivity index (χ0v) is 7.39. The van der Waals surface area contributed by atoms with Crippen LogP contribution in [-0.2, 0) is 6.42 Å². The minimum Gasteiger partial charge on any atom is -0.506 e. The van der Waals surface area contributed by atoms with Crippen molar-refractivity contribution in [3.05, 3.63) is 22.2 Å². The molecule has 1 heterocycles. The molecule has 0 fully saturated rings. The second-order valence-electron chi connectivity index (χ2n) is 2.47. The monoisotopic (exact) mass is 214 g/mol. The Kier molecular flexibility index (Phi) is 1.53. The van der Waals surface area contributed by atoms with Crippen molar-refractivity contribution in [2.24, 2.45) is 0 Å². The Hall–Kier alpha value is -0.700. The van der Waals surface area contributed by atoms with Gasteiger partial charge in [-0.25, -0.2) is 0 Å². The molecule has 0 spiro atoms. The fourth-order valence-electron chi connectivity index (χ4n) is 1.23. The molecule has 0 atom stereocenters. The lowest BCUT2D eigenvalue weighted by atomic mass is 10.1. The summed E-state index contributed by atoms with van der Waals surface area (Å²) in [5, 5.41) is 9.49. The number of hydrogen-bond donors (Lipinski definition) is 1. The molecule has 1 N–H and O–H groups in total. The van der Waals surface area contributed by atoms with Crippen molar-refractivity contribution in [2.45, 2.75) is 6.42 Å². The molecule has 0 bridgehead atoms. The highest BCUT2D eigenvalue weighted by Crippen LogP contribution is 2.37. The summed E-state index contributed by atoms with van der Waals surface area (Å²) in [6.45, 7) is 0.680. The van der Waals surface area contributed by atoms with Gasteiger partial charge in [0.25, 0.3) is 0 Å². The van der Waals surface area contributed by atoms with Crippen LogP contribution < -0.4 is 4.74 Å². The standard InChI is InChI=1S/C8H7BrO2/c9-6-1-2-7-5(8(6)10)3-4-11-7/h1-2,10H,3-4H2. The van der Waals surface area contributed by atoms with E-state index in [9.17, 15) is 5.11 Å². The van der Waals surface area contributed by atoms with Gasteiger partial charge in [0, 0.05) is 12.0 Å². The van der Waals surface area contributed by atoms with Crippen LogP contribution >= 0.6 is 15.9 Å². The highest BCUT2D eigenvalue weighted by Gasteiger charge is 2.17. The number of fused-ring (bicyclic) bond motifs is 1. The largest absolute Gasteiger partial charge is 0.506 e. The Morgan fingerprint density at radius 1 is 1.45 bits per heavy atom. The van der Waals surface area contributed by atoms with Crippen molar-refractivity contribution in [2.75, 3.05) is 6.61 Å². The van der Waals surface area contributed by atoms with Crippen LogP contribution in [-0.4, -0.2) is 11.7 Å². The van der Waals surface area contributed by atoms with Gasteiger partial charge in [0.15, 0.2) is 0 Å². The Balaban J connectivity index is 2.62. The average molecular weight is 215 g/mol. The van der Waals surface area contributed by atoms with Gasteiger partial charge in [-0.2, -0.15) is 0 Å². The van der Waals surface area contributed by atoms with Crippen molar-refractivity contribution in [1.29, 1.82) is 0 Å². The molecular formula is C8H7BrO2. The predicted octanol–water partition coefficient (Wildman–Crippen LogP) is 2.09. The van der Waals surface area contributed by atoms with Gasteiger partial charge >= 0.3 is 0 Å². The number of phenols is 1. The van der Waals surface area contributed by atoms with E-state index in [4.69, 9.17) is 4.74 Å². The van der Waals surface area contributed by atoms with Gasteiger partial charge in [0.05, 0.1) is 11.1 Å². The molecule has 0 aromatic heterocycles. The average Bonchev–Trinajstić information content (AvgIpc) is 2.45. The number of halogens is 1. The van der Waals surface area contributed by atoms with E-state index in [0.29, 0.717) is 12.4 Å². The zero-order chi connectivity index (χ0) is 7.84. The molecule has 0 amide bonds. The van der Waals surface area contributed by atoms with E-state index in [1.54, 1.807) is 6.07 Å². The molecule has 3 heteroatoms. The number of hydrogen-bond acceptors (Lipinski definition) is 2. The first-order valence-electron chi connectivity index (χ1n) is 3.42. The summed E-state index contributed by atoms with van der Waals surface area (Å²) in [6.07, 6.45) is 0.806. The number of benzene rings is 1. The van der Waals surface area contributed by atoms with E-state index in [-0.39, 0.29) is 0 Å². The molecule has 1 aliphatic rings.